The SMILES string of the molecule is CCN1CCOC(CN2CCc3cccc(N)c32)C1. The van der Waals surface area contributed by atoms with Gasteiger partial charge in [-0.3, -0.25) is 4.90 Å². The summed E-state index contributed by atoms with van der Waals surface area (Å²) >= 11 is 0. The summed E-state index contributed by atoms with van der Waals surface area (Å²) in [4.78, 5) is 4.86. The van der Waals surface area contributed by atoms with Gasteiger partial charge in [-0.05, 0) is 24.6 Å². The fourth-order valence-electron chi connectivity index (χ4n) is 3.17. The summed E-state index contributed by atoms with van der Waals surface area (Å²) in [5.41, 5.74) is 9.64. The van der Waals surface area contributed by atoms with Gasteiger partial charge in [-0.1, -0.05) is 19.1 Å². The number of rotatable bonds is 3. The number of nitrogens with zero attached hydrogens (tertiary/aromatic N) is 2. The lowest BCUT2D eigenvalue weighted by Crippen LogP contribution is -2.47. The Labute approximate surface area is 115 Å². The summed E-state index contributed by atoms with van der Waals surface area (Å²) in [5, 5.41) is 0. The van der Waals surface area contributed by atoms with E-state index in [2.05, 4.69) is 22.8 Å². The number of likely N-dealkylation sites (N-methyl/N-ethyl adjacent to an activating group) is 1. The van der Waals surface area contributed by atoms with Crippen molar-refractivity contribution in [3.05, 3.63) is 23.8 Å². The maximum atomic E-state index is 6.13. The average molecular weight is 261 g/mol. The second-order valence-corrected chi connectivity index (χ2v) is 5.44. The highest BCUT2D eigenvalue weighted by Crippen LogP contribution is 2.33. The van der Waals surface area contributed by atoms with Gasteiger partial charge in [0.05, 0.1) is 24.1 Å². The molecule has 4 nitrogen and oxygen atoms in total. The van der Waals surface area contributed by atoms with E-state index in [-0.39, 0.29) is 0 Å². The van der Waals surface area contributed by atoms with Crippen molar-refractivity contribution in [1.82, 2.24) is 4.90 Å². The van der Waals surface area contributed by atoms with Gasteiger partial charge in [-0.15, -0.1) is 0 Å². The summed E-state index contributed by atoms with van der Waals surface area (Å²) in [6, 6.07) is 6.23. The molecule has 1 aromatic rings. The Morgan fingerprint density at radius 1 is 1.37 bits per heavy atom. The van der Waals surface area contributed by atoms with Crippen LogP contribution in [0.15, 0.2) is 18.2 Å². The summed E-state index contributed by atoms with van der Waals surface area (Å²) in [6.45, 7) is 8.29. The van der Waals surface area contributed by atoms with Gasteiger partial charge >= 0.3 is 0 Å². The van der Waals surface area contributed by atoms with Gasteiger partial charge in [0.2, 0.25) is 0 Å². The maximum absolute atomic E-state index is 6.13. The highest BCUT2D eigenvalue weighted by Gasteiger charge is 2.26. The number of anilines is 2. The number of ether oxygens (including phenoxy) is 1. The molecule has 0 aromatic heterocycles. The Kier molecular flexibility index (Phi) is 3.62. The largest absolute Gasteiger partial charge is 0.397 e. The van der Waals surface area contributed by atoms with E-state index in [1.54, 1.807) is 0 Å². The fraction of sp³-hybridized carbons (Fsp3) is 0.600. The molecule has 1 saturated heterocycles. The van der Waals surface area contributed by atoms with Crippen LogP contribution in [0, 0.1) is 0 Å². The minimum atomic E-state index is 0.305. The minimum Gasteiger partial charge on any atom is -0.397 e. The van der Waals surface area contributed by atoms with Crippen LogP contribution in [0.3, 0.4) is 0 Å². The zero-order chi connectivity index (χ0) is 13.2. The number of nitrogens with two attached hydrogens (primary N) is 1. The van der Waals surface area contributed by atoms with E-state index in [9.17, 15) is 0 Å². The smallest absolute Gasteiger partial charge is 0.0877 e. The fourth-order valence-corrected chi connectivity index (χ4v) is 3.17. The number of nitrogen functional groups attached to an aromatic ring is 1. The predicted molar refractivity (Wildman–Crippen MR) is 78.6 cm³/mol. The Morgan fingerprint density at radius 2 is 2.26 bits per heavy atom. The molecule has 104 valence electrons. The van der Waals surface area contributed by atoms with Crippen LogP contribution in [0.2, 0.25) is 0 Å². The Hall–Kier alpha value is -1.26. The molecule has 1 fully saturated rings. The summed E-state index contributed by atoms with van der Waals surface area (Å²) in [5.74, 6) is 0. The first-order valence-electron chi connectivity index (χ1n) is 7.24. The molecule has 2 heterocycles. The van der Waals surface area contributed by atoms with Gasteiger partial charge in [0, 0.05) is 26.2 Å². The molecular formula is C15H23N3O. The number of hydrogen-bond acceptors (Lipinski definition) is 4. The third-order valence-electron chi connectivity index (χ3n) is 4.21. The minimum absolute atomic E-state index is 0.305. The van der Waals surface area contributed by atoms with E-state index in [0.717, 1.165) is 51.4 Å². The molecular weight excluding hydrogens is 238 g/mol. The quantitative estimate of drug-likeness (QED) is 0.834. The van der Waals surface area contributed by atoms with Crippen LogP contribution < -0.4 is 10.6 Å². The van der Waals surface area contributed by atoms with Crippen molar-refractivity contribution < 1.29 is 4.74 Å². The third kappa shape index (κ3) is 2.55. The molecule has 0 radical (unpaired) electrons. The van der Waals surface area contributed by atoms with Gasteiger partial charge in [0.15, 0.2) is 0 Å². The molecule has 4 heteroatoms. The molecule has 19 heavy (non-hydrogen) atoms. The lowest BCUT2D eigenvalue weighted by molar-refractivity contribution is -0.0219. The lowest BCUT2D eigenvalue weighted by Gasteiger charge is -2.35. The normalized spacial score (nSPS) is 23.6. The molecule has 2 aliphatic rings. The predicted octanol–water partition coefficient (Wildman–Crippen LogP) is 1.35. The first-order chi connectivity index (χ1) is 9.28. The van der Waals surface area contributed by atoms with Crippen molar-refractivity contribution in [1.29, 1.82) is 0 Å². The molecule has 0 saturated carbocycles. The molecule has 1 atom stereocenters. The topological polar surface area (TPSA) is 41.7 Å². The van der Waals surface area contributed by atoms with Crippen molar-refractivity contribution >= 4 is 11.4 Å². The Bertz CT molecular complexity index is 449. The zero-order valence-corrected chi connectivity index (χ0v) is 11.6. The van der Waals surface area contributed by atoms with E-state index < -0.39 is 0 Å². The molecule has 0 amide bonds. The van der Waals surface area contributed by atoms with E-state index in [1.807, 2.05) is 12.1 Å². The number of fused-ring (bicyclic) bond motifs is 1. The van der Waals surface area contributed by atoms with Crippen molar-refractivity contribution in [3.8, 4) is 0 Å². The highest BCUT2D eigenvalue weighted by atomic mass is 16.5. The number of morpholine rings is 1. The molecule has 2 N–H and O–H groups in total. The van der Waals surface area contributed by atoms with Crippen LogP contribution in [0.4, 0.5) is 11.4 Å². The first kappa shape index (κ1) is 12.8. The molecule has 0 bridgehead atoms. The van der Waals surface area contributed by atoms with Crippen LogP contribution in [0.25, 0.3) is 0 Å². The monoisotopic (exact) mass is 261 g/mol. The second-order valence-electron chi connectivity index (χ2n) is 5.44. The molecule has 0 spiro atoms. The van der Waals surface area contributed by atoms with E-state index in [1.165, 1.54) is 11.3 Å². The van der Waals surface area contributed by atoms with E-state index >= 15 is 0 Å². The van der Waals surface area contributed by atoms with E-state index in [0.29, 0.717) is 6.10 Å². The maximum Gasteiger partial charge on any atom is 0.0877 e. The lowest BCUT2D eigenvalue weighted by atomic mass is 10.1. The highest BCUT2D eigenvalue weighted by molar-refractivity contribution is 5.74. The molecule has 0 aliphatic carbocycles. The van der Waals surface area contributed by atoms with Crippen LogP contribution in [-0.2, 0) is 11.2 Å². The van der Waals surface area contributed by atoms with Gasteiger partial charge in [-0.2, -0.15) is 0 Å². The van der Waals surface area contributed by atoms with Gasteiger partial charge in [0.1, 0.15) is 0 Å². The standard InChI is InChI=1S/C15H23N3O/c1-2-17-8-9-19-13(10-17)11-18-7-6-12-4-3-5-14(16)15(12)18/h3-5,13H,2,6-11,16H2,1H3. The van der Waals surface area contributed by atoms with Crippen molar-refractivity contribution in [2.75, 3.05) is 50.0 Å². The summed E-state index contributed by atoms with van der Waals surface area (Å²) < 4.78 is 5.90. The Morgan fingerprint density at radius 3 is 3.11 bits per heavy atom. The summed E-state index contributed by atoms with van der Waals surface area (Å²) in [6.07, 6.45) is 1.41. The molecule has 3 rings (SSSR count). The number of para-hydroxylation sites is 1. The number of hydrogen-bond donors (Lipinski definition) is 1. The average Bonchev–Trinajstić information content (AvgIpc) is 2.84. The summed E-state index contributed by atoms with van der Waals surface area (Å²) in [7, 11) is 0. The van der Waals surface area contributed by atoms with E-state index in [4.69, 9.17) is 10.5 Å². The van der Waals surface area contributed by atoms with Gasteiger partial charge in [0.25, 0.3) is 0 Å². The van der Waals surface area contributed by atoms with Gasteiger partial charge < -0.3 is 15.4 Å². The van der Waals surface area contributed by atoms with Crippen molar-refractivity contribution in [2.24, 2.45) is 0 Å². The Balaban J connectivity index is 1.69. The van der Waals surface area contributed by atoms with Gasteiger partial charge in [-0.25, -0.2) is 0 Å². The van der Waals surface area contributed by atoms with Crippen molar-refractivity contribution in [3.63, 3.8) is 0 Å². The number of benzene rings is 1. The van der Waals surface area contributed by atoms with Crippen LogP contribution in [0.1, 0.15) is 12.5 Å². The van der Waals surface area contributed by atoms with Crippen LogP contribution in [-0.4, -0.2) is 50.3 Å². The van der Waals surface area contributed by atoms with Crippen LogP contribution in [0.5, 0.6) is 0 Å². The molecule has 1 unspecified atom stereocenters. The van der Waals surface area contributed by atoms with Crippen molar-refractivity contribution in [2.45, 2.75) is 19.4 Å². The zero-order valence-electron chi connectivity index (χ0n) is 11.6. The second kappa shape index (κ2) is 5.39. The molecule has 1 aromatic carbocycles. The first-order valence-corrected chi connectivity index (χ1v) is 7.24. The molecule has 2 aliphatic heterocycles. The third-order valence-corrected chi connectivity index (χ3v) is 4.21. The van der Waals surface area contributed by atoms with Crippen LogP contribution >= 0.6 is 0 Å².